The Morgan fingerprint density at radius 3 is 2.36 bits per heavy atom. The number of rotatable bonds is 7. The summed E-state index contributed by atoms with van der Waals surface area (Å²) in [6.45, 7) is 8.22. The molecule has 0 atom stereocenters. The highest BCUT2D eigenvalue weighted by Crippen LogP contribution is 2.32. The molecule has 178 valence electrons. The molecule has 9 heteroatoms. The van der Waals surface area contributed by atoms with E-state index in [4.69, 9.17) is 4.74 Å². The Balaban J connectivity index is 1.41. The third-order valence-electron chi connectivity index (χ3n) is 6.14. The average Bonchev–Trinajstić information content (AvgIpc) is 3.08. The first-order valence-corrected chi connectivity index (χ1v) is 11.0. The van der Waals surface area contributed by atoms with E-state index in [1.54, 1.807) is 24.1 Å². The molecular formula is C24H28F3N3O3. The van der Waals surface area contributed by atoms with E-state index < -0.39 is 6.36 Å². The maximum Gasteiger partial charge on any atom is 0.573 e. The number of carbonyl (C=O) groups excluding carboxylic acids is 1. The minimum atomic E-state index is -4.72. The van der Waals surface area contributed by atoms with Gasteiger partial charge in [0.25, 0.3) is 5.91 Å². The number of nitrogens with zero attached hydrogens (tertiary/aromatic N) is 3. The van der Waals surface area contributed by atoms with Crippen LogP contribution in [0.15, 0.2) is 36.4 Å². The number of hydrogen-bond acceptors (Lipinski definition) is 5. The van der Waals surface area contributed by atoms with Crippen molar-refractivity contribution in [2.24, 2.45) is 0 Å². The minimum absolute atomic E-state index is 0.0472. The van der Waals surface area contributed by atoms with Crippen LogP contribution in [0.4, 0.5) is 18.9 Å². The van der Waals surface area contributed by atoms with Crippen LogP contribution < -0.4 is 9.64 Å². The number of fused-ring (bicyclic) bond motifs is 1. The topological polar surface area (TPSA) is 45.2 Å². The van der Waals surface area contributed by atoms with Crippen molar-refractivity contribution in [3.8, 4) is 5.75 Å². The molecular weight excluding hydrogens is 435 g/mol. The molecule has 6 nitrogen and oxygen atoms in total. The lowest BCUT2D eigenvalue weighted by Gasteiger charge is -2.36. The highest BCUT2D eigenvalue weighted by Gasteiger charge is 2.32. The van der Waals surface area contributed by atoms with Gasteiger partial charge in [-0.15, -0.1) is 13.2 Å². The number of carbonyl (C=O) groups is 1. The van der Waals surface area contributed by atoms with E-state index in [-0.39, 0.29) is 11.7 Å². The Hall–Kier alpha value is -2.78. The van der Waals surface area contributed by atoms with E-state index in [0.717, 1.165) is 67.3 Å². The van der Waals surface area contributed by atoms with Gasteiger partial charge >= 0.3 is 6.36 Å². The number of halogens is 3. The number of piperazine rings is 1. The fourth-order valence-electron chi connectivity index (χ4n) is 4.48. The highest BCUT2D eigenvalue weighted by atomic mass is 19.4. The van der Waals surface area contributed by atoms with Crippen LogP contribution in [0.5, 0.6) is 5.75 Å². The molecule has 0 aromatic heterocycles. The zero-order chi connectivity index (χ0) is 23.6. The molecule has 2 aliphatic rings. The summed E-state index contributed by atoms with van der Waals surface area (Å²) in [6.07, 6.45) is -4.72. The third kappa shape index (κ3) is 5.59. The summed E-state index contributed by atoms with van der Waals surface area (Å²) in [5.41, 5.74) is 4.55. The van der Waals surface area contributed by atoms with Crippen LogP contribution in [0.1, 0.15) is 27.0 Å². The molecule has 0 N–H and O–H groups in total. The van der Waals surface area contributed by atoms with Crippen molar-refractivity contribution in [1.29, 1.82) is 0 Å². The molecule has 2 aliphatic heterocycles. The van der Waals surface area contributed by atoms with Crippen LogP contribution >= 0.6 is 0 Å². The van der Waals surface area contributed by atoms with Crippen molar-refractivity contribution in [2.45, 2.75) is 26.4 Å². The van der Waals surface area contributed by atoms with E-state index in [1.165, 1.54) is 12.1 Å². The molecule has 1 fully saturated rings. The van der Waals surface area contributed by atoms with Gasteiger partial charge in [-0.25, -0.2) is 0 Å². The van der Waals surface area contributed by atoms with Crippen LogP contribution in [-0.4, -0.2) is 68.5 Å². The van der Waals surface area contributed by atoms with Crippen molar-refractivity contribution in [2.75, 3.05) is 51.3 Å². The molecule has 2 heterocycles. The molecule has 4 rings (SSSR count). The van der Waals surface area contributed by atoms with Crippen molar-refractivity contribution >= 4 is 11.6 Å². The smallest absolute Gasteiger partial charge is 0.406 e. The predicted octanol–water partition coefficient (Wildman–Crippen LogP) is 3.82. The Labute approximate surface area is 191 Å². The Bertz CT molecular complexity index is 987. The minimum Gasteiger partial charge on any atom is -0.406 e. The van der Waals surface area contributed by atoms with Crippen LogP contribution in [0.3, 0.4) is 0 Å². The van der Waals surface area contributed by atoms with Gasteiger partial charge in [0.05, 0.1) is 6.61 Å². The first-order valence-electron chi connectivity index (χ1n) is 11.0. The van der Waals surface area contributed by atoms with Crippen LogP contribution in [0, 0.1) is 6.92 Å². The van der Waals surface area contributed by atoms with E-state index in [1.807, 2.05) is 6.92 Å². The fourth-order valence-corrected chi connectivity index (χ4v) is 4.48. The normalized spacial score (nSPS) is 16.9. The van der Waals surface area contributed by atoms with Crippen molar-refractivity contribution in [3.63, 3.8) is 0 Å². The number of hydrogen-bond donors (Lipinski definition) is 0. The molecule has 0 unspecified atom stereocenters. The molecule has 1 saturated heterocycles. The van der Waals surface area contributed by atoms with Gasteiger partial charge in [-0.1, -0.05) is 12.1 Å². The first kappa shape index (κ1) is 23.4. The largest absolute Gasteiger partial charge is 0.573 e. The van der Waals surface area contributed by atoms with Gasteiger partial charge in [-0.2, -0.15) is 0 Å². The molecule has 0 aliphatic carbocycles. The van der Waals surface area contributed by atoms with E-state index in [2.05, 4.69) is 26.7 Å². The molecule has 0 saturated carbocycles. The fraction of sp³-hybridized carbons (Fsp3) is 0.458. The summed E-state index contributed by atoms with van der Waals surface area (Å²) in [7, 11) is 1.71. The van der Waals surface area contributed by atoms with Gasteiger partial charge in [0.1, 0.15) is 5.75 Å². The van der Waals surface area contributed by atoms with Gasteiger partial charge in [0.2, 0.25) is 0 Å². The maximum absolute atomic E-state index is 13.0. The van der Waals surface area contributed by atoms with Crippen LogP contribution in [0.2, 0.25) is 0 Å². The molecule has 0 spiro atoms. The van der Waals surface area contributed by atoms with E-state index >= 15 is 0 Å². The highest BCUT2D eigenvalue weighted by molar-refractivity contribution is 6.00. The Morgan fingerprint density at radius 2 is 1.73 bits per heavy atom. The monoisotopic (exact) mass is 463 g/mol. The number of ether oxygens (including phenoxy) is 2. The lowest BCUT2D eigenvalue weighted by Crippen LogP contribution is -2.47. The van der Waals surface area contributed by atoms with Crippen LogP contribution in [-0.2, 0) is 17.8 Å². The summed E-state index contributed by atoms with van der Waals surface area (Å²) in [5, 5.41) is 0. The SMILES string of the molecule is COCCN1CCN(c2cc(C)c3c(c2)CN(Cc2ccc(OC(F)(F)F)cc2)C3=O)CC1. The molecule has 2 aromatic carbocycles. The number of aryl methyl sites for hydroxylation is 1. The van der Waals surface area contributed by atoms with E-state index in [9.17, 15) is 18.0 Å². The molecule has 33 heavy (non-hydrogen) atoms. The first-order chi connectivity index (χ1) is 15.7. The number of amides is 1. The Kier molecular flexibility index (Phi) is 6.81. The van der Waals surface area contributed by atoms with Gasteiger partial charge in [-0.05, 0) is 47.9 Å². The summed E-state index contributed by atoms with van der Waals surface area (Å²) < 4.78 is 46.2. The van der Waals surface area contributed by atoms with Gasteiger partial charge in [0.15, 0.2) is 0 Å². The van der Waals surface area contributed by atoms with Crippen molar-refractivity contribution in [1.82, 2.24) is 9.80 Å². The molecule has 1 amide bonds. The standard InChI is InChI=1S/C24H28F3N3O3/c1-17-13-20(29-9-7-28(8-10-29)11-12-32-2)14-19-16-30(23(31)22(17)19)15-18-3-5-21(6-4-18)33-24(25,26)27/h3-6,13-14H,7-12,15-16H2,1-2H3. The second-order valence-electron chi connectivity index (χ2n) is 8.47. The quantitative estimate of drug-likeness (QED) is 0.625. The summed E-state index contributed by atoms with van der Waals surface area (Å²) in [5.74, 6) is -0.320. The summed E-state index contributed by atoms with van der Waals surface area (Å²) >= 11 is 0. The number of alkyl halides is 3. The maximum atomic E-state index is 13.0. The number of anilines is 1. The average molecular weight is 464 g/mol. The van der Waals surface area contributed by atoms with Crippen molar-refractivity contribution in [3.05, 3.63) is 58.7 Å². The summed E-state index contributed by atoms with van der Waals surface area (Å²) in [4.78, 5) is 19.5. The van der Waals surface area contributed by atoms with Crippen molar-refractivity contribution < 1.29 is 27.4 Å². The van der Waals surface area contributed by atoms with Gasteiger partial charge in [-0.3, -0.25) is 9.69 Å². The van der Waals surface area contributed by atoms with Crippen LogP contribution in [0.25, 0.3) is 0 Å². The van der Waals surface area contributed by atoms with Gasteiger partial charge in [0, 0.05) is 64.2 Å². The predicted molar refractivity (Wildman–Crippen MR) is 118 cm³/mol. The zero-order valence-electron chi connectivity index (χ0n) is 18.8. The lowest BCUT2D eigenvalue weighted by atomic mass is 10.0. The molecule has 0 bridgehead atoms. The lowest BCUT2D eigenvalue weighted by molar-refractivity contribution is -0.274. The third-order valence-corrected chi connectivity index (χ3v) is 6.14. The molecule has 0 radical (unpaired) electrons. The number of benzene rings is 2. The zero-order valence-corrected chi connectivity index (χ0v) is 18.8. The van der Waals surface area contributed by atoms with Gasteiger partial charge < -0.3 is 19.3 Å². The molecule has 2 aromatic rings. The second kappa shape index (κ2) is 9.61. The second-order valence-corrected chi connectivity index (χ2v) is 8.47. The summed E-state index contributed by atoms with van der Waals surface area (Å²) in [6, 6.07) is 9.83. The van der Waals surface area contributed by atoms with E-state index in [0.29, 0.717) is 13.1 Å². The number of methoxy groups -OCH3 is 1. The Morgan fingerprint density at radius 1 is 1.03 bits per heavy atom.